The van der Waals surface area contributed by atoms with E-state index in [9.17, 15) is 14.7 Å². The molecule has 32 heavy (non-hydrogen) atoms. The second kappa shape index (κ2) is 12.2. The van der Waals surface area contributed by atoms with E-state index in [1.54, 1.807) is 19.4 Å². The van der Waals surface area contributed by atoms with Gasteiger partial charge in [-0.1, -0.05) is 6.92 Å². The van der Waals surface area contributed by atoms with E-state index in [1.165, 1.54) is 12.2 Å². The van der Waals surface area contributed by atoms with Gasteiger partial charge in [-0.15, -0.1) is 0 Å². The Labute approximate surface area is 194 Å². The topological polar surface area (TPSA) is 79.7 Å². The molecule has 1 aromatic carbocycles. The molecule has 0 aliphatic carbocycles. The minimum absolute atomic E-state index is 0.0816. The van der Waals surface area contributed by atoms with Gasteiger partial charge >= 0.3 is 5.97 Å². The van der Waals surface area contributed by atoms with Crippen LogP contribution in [0.5, 0.6) is 5.75 Å². The van der Waals surface area contributed by atoms with Crippen LogP contribution in [-0.2, 0) is 4.79 Å². The van der Waals surface area contributed by atoms with Gasteiger partial charge in [0, 0.05) is 48.8 Å². The van der Waals surface area contributed by atoms with Crippen LogP contribution < -0.4 is 4.74 Å². The summed E-state index contributed by atoms with van der Waals surface area (Å²) < 4.78 is 5.31. The minimum Gasteiger partial charge on any atom is -0.497 e. The van der Waals surface area contributed by atoms with Crippen LogP contribution in [0.1, 0.15) is 49.4 Å². The molecule has 2 atom stereocenters. The minimum atomic E-state index is -0.749. The van der Waals surface area contributed by atoms with Crippen molar-refractivity contribution in [1.29, 1.82) is 0 Å². The van der Waals surface area contributed by atoms with Gasteiger partial charge in [-0.05, 0) is 67.7 Å². The summed E-state index contributed by atoms with van der Waals surface area (Å²) >= 11 is 1.96. The molecular formula is C25H34N2O4S. The summed E-state index contributed by atoms with van der Waals surface area (Å²) in [6.07, 6.45) is 5.13. The molecule has 2 aromatic rings. The van der Waals surface area contributed by atoms with E-state index in [1.807, 2.05) is 30.0 Å². The zero-order valence-corrected chi connectivity index (χ0v) is 19.9. The third kappa shape index (κ3) is 6.69. The third-order valence-corrected chi connectivity index (χ3v) is 7.47. The quantitative estimate of drug-likeness (QED) is 0.363. The number of fused-ring (bicyclic) bond motifs is 1. The van der Waals surface area contributed by atoms with Crippen molar-refractivity contribution >= 4 is 34.4 Å². The van der Waals surface area contributed by atoms with Crippen LogP contribution in [0.3, 0.4) is 0 Å². The molecule has 0 bridgehead atoms. The monoisotopic (exact) mass is 458 g/mol. The summed E-state index contributed by atoms with van der Waals surface area (Å²) in [5.41, 5.74) is 1.43. The Morgan fingerprint density at radius 3 is 2.84 bits per heavy atom. The highest BCUT2D eigenvalue weighted by Gasteiger charge is 2.31. The summed E-state index contributed by atoms with van der Waals surface area (Å²) in [7, 11) is 1.61. The van der Waals surface area contributed by atoms with Crippen LogP contribution in [0, 0.1) is 11.8 Å². The van der Waals surface area contributed by atoms with Gasteiger partial charge in [-0.25, -0.2) is 0 Å². The number of rotatable bonds is 12. The van der Waals surface area contributed by atoms with Crippen LogP contribution in [0.25, 0.3) is 10.9 Å². The molecule has 1 fully saturated rings. The Balaban J connectivity index is 1.63. The van der Waals surface area contributed by atoms with Gasteiger partial charge in [0.05, 0.1) is 12.6 Å². The predicted molar refractivity (Wildman–Crippen MR) is 130 cm³/mol. The number of ether oxygens (including phenoxy) is 1. The third-order valence-electron chi connectivity index (χ3n) is 6.30. The number of carboxylic acids is 1. The lowest BCUT2D eigenvalue weighted by Gasteiger charge is -2.38. The van der Waals surface area contributed by atoms with Gasteiger partial charge in [0.25, 0.3) is 0 Å². The highest BCUT2D eigenvalue weighted by Crippen LogP contribution is 2.32. The Morgan fingerprint density at radius 2 is 2.09 bits per heavy atom. The van der Waals surface area contributed by atoms with Crippen LogP contribution in [0.15, 0.2) is 30.5 Å². The zero-order valence-electron chi connectivity index (χ0n) is 19.1. The van der Waals surface area contributed by atoms with Crippen LogP contribution in [0.4, 0.5) is 0 Å². The summed E-state index contributed by atoms with van der Waals surface area (Å²) in [6.45, 7) is 5.00. The molecule has 0 amide bonds. The van der Waals surface area contributed by atoms with Gasteiger partial charge < -0.3 is 14.7 Å². The Morgan fingerprint density at radius 1 is 1.25 bits per heavy atom. The fourth-order valence-electron chi connectivity index (χ4n) is 4.58. The first kappa shape index (κ1) is 24.5. The van der Waals surface area contributed by atoms with Crippen molar-refractivity contribution in [3.05, 3.63) is 36.0 Å². The Hall–Kier alpha value is -2.12. The number of pyridine rings is 1. The maximum Gasteiger partial charge on any atom is 0.303 e. The summed E-state index contributed by atoms with van der Waals surface area (Å²) in [5, 5.41) is 10.2. The van der Waals surface area contributed by atoms with E-state index in [4.69, 9.17) is 4.74 Å². The molecule has 0 saturated carbocycles. The number of aliphatic carboxylic acids is 1. The average molecular weight is 459 g/mol. The van der Waals surface area contributed by atoms with Gasteiger partial charge in [0.1, 0.15) is 5.75 Å². The summed E-state index contributed by atoms with van der Waals surface area (Å²) in [4.78, 5) is 31.3. The lowest BCUT2D eigenvalue weighted by molar-refractivity contribution is -0.139. The molecule has 1 aliphatic heterocycles. The number of hydrogen-bond acceptors (Lipinski definition) is 6. The fourth-order valence-corrected chi connectivity index (χ4v) is 5.46. The molecule has 0 spiro atoms. The van der Waals surface area contributed by atoms with Crippen molar-refractivity contribution in [2.24, 2.45) is 11.8 Å². The first-order chi connectivity index (χ1) is 15.5. The van der Waals surface area contributed by atoms with Crippen molar-refractivity contribution in [2.75, 3.05) is 38.2 Å². The summed E-state index contributed by atoms with van der Waals surface area (Å²) in [6, 6.07) is 7.34. The maximum atomic E-state index is 13.1. The smallest absolute Gasteiger partial charge is 0.303 e. The van der Waals surface area contributed by atoms with Gasteiger partial charge in [-0.3, -0.25) is 14.6 Å². The maximum absolute atomic E-state index is 13.1. The van der Waals surface area contributed by atoms with Crippen molar-refractivity contribution in [3.8, 4) is 5.75 Å². The molecule has 174 valence electrons. The molecule has 7 heteroatoms. The number of benzene rings is 1. The van der Waals surface area contributed by atoms with Gasteiger partial charge in [0.2, 0.25) is 0 Å². The average Bonchev–Trinajstić information content (AvgIpc) is 2.80. The number of methoxy groups -OCH3 is 1. The van der Waals surface area contributed by atoms with Crippen LogP contribution in [-0.4, -0.2) is 65.0 Å². The van der Waals surface area contributed by atoms with Crippen molar-refractivity contribution in [2.45, 2.75) is 39.0 Å². The lowest BCUT2D eigenvalue weighted by Crippen LogP contribution is -2.42. The number of hydrogen-bond donors (Lipinski definition) is 1. The number of piperidine rings is 1. The van der Waals surface area contributed by atoms with E-state index >= 15 is 0 Å². The van der Waals surface area contributed by atoms with Crippen molar-refractivity contribution in [3.63, 3.8) is 0 Å². The van der Waals surface area contributed by atoms with Crippen LogP contribution in [0.2, 0.25) is 0 Å². The molecule has 1 aromatic heterocycles. The fraction of sp³-hybridized carbons (Fsp3) is 0.560. The second-order valence-corrected chi connectivity index (χ2v) is 9.75. The summed E-state index contributed by atoms with van der Waals surface area (Å²) in [5.74, 6) is 2.66. The number of carbonyl (C=O) groups excluding carboxylic acids is 1. The van der Waals surface area contributed by atoms with E-state index in [2.05, 4.69) is 16.8 Å². The molecule has 0 radical (unpaired) electrons. The predicted octanol–water partition coefficient (Wildman–Crippen LogP) is 4.76. The number of carboxylic acid groups (broad SMARTS) is 1. The molecule has 6 nitrogen and oxygen atoms in total. The Bertz CT molecular complexity index is 920. The Kier molecular flexibility index (Phi) is 9.36. The number of aromatic nitrogens is 1. The molecule has 0 unspecified atom stereocenters. The standard InChI is InChI=1S/C25H34N2O4S/c1-3-13-32-14-12-27-11-9-18(19(17-27)15-25(29)30)4-7-24(28)21-8-10-26-23-6-5-20(31-2)16-22(21)23/h5-6,8,10,16,18-19H,3-4,7,9,11-15,17H2,1-2H3,(H,29,30)/t18-,19-/m1/s1. The molecule has 3 rings (SSSR count). The zero-order chi connectivity index (χ0) is 22.9. The first-order valence-corrected chi connectivity index (χ1v) is 12.6. The van der Waals surface area contributed by atoms with E-state index in [0.29, 0.717) is 17.7 Å². The largest absolute Gasteiger partial charge is 0.497 e. The number of thioether (sulfide) groups is 1. The molecule has 2 heterocycles. The number of carbonyl (C=O) groups is 2. The molecule has 1 aliphatic rings. The van der Waals surface area contributed by atoms with E-state index < -0.39 is 5.97 Å². The van der Waals surface area contributed by atoms with E-state index in [-0.39, 0.29) is 24.0 Å². The van der Waals surface area contributed by atoms with Crippen molar-refractivity contribution in [1.82, 2.24) is 9.88 Å². The SMILES string of the molecule is CCCSCCN1CC[C@@H](CCC(=O)c2ccnc3ccc(OC)cc23)[C@H](CC(=O)O)C1. The molecular weight excluding hydrogens is 424 g/mol. The number of ketones is 1. The number of nitrogens with zero attached hydrogens (tertiary/aromatic N) is 2. The first-order valence-electron chi connectivity index (χ1n) is 11.5. The highest BCUT2D eigenvalue weighted by atomic mass is 32.2. The molecule has 1 saturated heterocycles. The van der Waals surface area contributed by atoms with Gasteiger partial charge in [0.15, 0.2) is 5.78 Å². The number of likely N-dealkylation sites (tertiary alicyclic amines) is 1. The number of Topliss-reactive ketones (excluding diaryl/α,β-unsaturated/α-hetero) is 1. The lowest BCUT2D eigenvalue weighted by atomic mass is 9.79. The normalized spacial score (nSPS) is 19.2. The highest BCUT2D eigenvalue weighted by molar-refractivity contribution is 7.99. The molecule has 1 N–H and O–H groups in total. The van der Waals surface area contributed by atoms with Crippen molar-refractivity contribution < 1.29 is 19.4 Å². The second-order valence-electron chi connectivity index (χ2n) is 8.52. The van der Waals surface area contributed by atoms with Crippen LogP contribution >= 0.6 is 11.8 Å². The van der Waals surface area contributed by atoms with Gasteiger partial charge in [-0.2, -0.15) is 11.8 Å². The van der Waals surface area contributed by atoms with E-state index in [0.717, 1.165) is 49.1 Å².